The molecule has 1 aromatic carbocycles. The van der Waals surface area contributed by atoms with Gasteiger partial charge in [0.05, 0.1) is 20.5 Å². The molecule has 20 heavy (non-hydrogen) atoms. The van der Waals surface area contributed by atoms with Crippen LogP contribution in [0.4, 0.5) is 0 Å². The van der Waals surface area contributed by atoms with Crippen molar-refractivity contribution in [2.75, 3.05) is 0 Å². The van der Waals surface area contributed by atoms with Crippen molar-refractivity contribution in [2.45, 2.75) is 37.6 Å². The zero-order valence-corrected chi connectivity index (χ0v) is 13.4. The minimum absolute atomic E-state index is 0.000245. The topological polar surface area (TPSA) is 89.3 Å². The Labute approximate surface area is 128 Å². The van der Waals surface area contributed by atoms with E-state index in [9.17, 15) is 13.2 Å². The van der Waals surface area contributed by atoms with Crippen LogP contribution >= 0.6 is 23.2 Å². The number of amides is 1. The predicted octanol–water partition coefficient (Wildman–Crippen LogP) is 2.56. The van der Waals surface area contributed by atoms with Crippen LogP contribution in [0.5, 0.6) is 0 Å². The first-order valence-corrected chi connectivity index (χ1v) is 8.29. The Balaban J connectivity index is 3.17. The lowest BCUT2D eigenvalue weighted by atomic mass is 10.1. The van der Waals surface area contributed by atoms with Gasteiger partial charge in [-0.25, -0.2) is 13.6 Å². The molecule has 0 aromatic heterocycles. The maximum absolute atomic E-state index is 12.1. The minimum Gasteiger partial charge on any atom is -0.350 e. The molecule has 0 spiro atoms. The lowest BCUT2D eigenvalue weighted by Crippen LogP contribution is -2.32. The van der Waals surface area contributed by atoms with Crippen molar-refractivity contribution in [3.05, 3.63) is 27.7 Å². The van der Waals surface area contributed by atoms with Gasteiger partial charge in [0.25, 0.3) is 5.91 Å². The molecule has 0 aliphatic carbocycles. The molecule has 0 saturated carbocycles. The van der Waals surface area contributed by atoms with E-state index in [1.807, 2.05) is 13.8 Å². The number of halogens is 2. The van der Waals surface area contributed by atoms with E-state index in [1.165, 1.54) is 0 Å². The second-order valence-electron chi connectivity index (χ2n) is 4.47. The second kappa shape index (κ2) is 6.76. The van der Waals surface area contributed by atoms with E-state index in [-0.39, 0.29) is 26.5 Å². The van der Waals surface area contributed by atoms with E-state index in [4.69, 9.17) is 28.3 Å². The van der Waals surface area contributed by atoms with Gasteiger partial charge < -0.3 is 5.32 Å². The Morgan fingerprint density at radius 1 is 1.40 bits per heavy atom. The molecule has 1 atom stereocenters. The number of nitrogens with two attached hydrogens (primary N) is 1. The molecule has 0 aliphatic heterocycles. The van der Waals surface area contributed by atoms with Crippen LogP contribution in [-0.2, 0) is 10.0 Å². The summed E-state index contributed by atoms with van der Waals surface area (Å²) in [6.45, 7) is 3.84. The van der Waals surface area contributed by atoms with Gasteiger partial charge in [0, 0.05) is 6.04 Å². The predicted molar refractivity (Wildman–Crippen MR) is 79.7 cm³/mol. The molecule has 0 saturated heterocycles. The largest absolute Gasteiger partial charge is 0.350 e. The van der Waals surface area contributed by atoms with E-state index >= 15 is 0 Å². The van der Waals surface area contributed by atoms with Crippen molar-refractivity contribution < 1.29 is 13.2 Å². The summed E-state index contributed by atoms with van der Waals surface area (Å²) in [5.41, 5.74) is -0.00820. The van der Waals surface area contributed by atoms with E-state index in [0.717, 1.165) is 25.0 Å². The molecule has 1 rings (SSSR count). The lowest BCUT2D eigenvalue weighted by molar-refractivity contribution is 0.0938. The highest BCUT2D eigenvalue weighted by atomic mass is 35.5. The van der Waals surface area contributed by atoms with Crippen molar-refractivity contribution in [3.8, 4) is 0 Å². The van der Waals surface area contributed by atoms with Crippen LogP contribution in [0.1, 0.15) is 37.0 Å². The summed E-state index contributed by atoms with van der Waals surface area (Å²) in [5, 5.41) is 7.72. The number of carbonyl (C=O) groups is 1. The van der Waals surface area contributed by atoms with Crippen LogP contribution in [0.25, 0.3) is 0 Å². The Morgan fingerprint density at radius 3 is 2.50 bits per heavy atom. The highest BCUT2D eigenvalue weighted by Crippen LogP contribution is 2.29. The molecule has 0 radical (unpaired) electrons. The van der Waals surface area contributed by atoms with Crippen molar-refractivity contribution in [2.24, 2.45) is 5.14 Å². The third-order valence-electron chi connectivity index (χ3n) is 2.67. The number of rotatable bonds is 5. The molecule has 1 unspecified atom stereocenters. The highest BCUT2D eigenvalue weighted by Gasteiger charge is 2.20. The van der Waals surface area contributed by atoms with Crippen molar-refractivity contribution in [3.63, 3.8) is 0 Å². The summed E-state index contributed by atoms with van der Waals surface area (Å²) in [4.78, 5) is 11.8. The van der Waals surface area contributed by atoms with Crippen LogP contribution in [-0.4, -0.2) is 20.4 Å². The van der Waals surface area contributed by atoms with Crippen molar-refractivity contribution in [1.29, 1.82) is 0 Å². The summed E-state index contributed by atoms with van der Waals surface area (Å²) in [5.74, 6) is -0.483. The normalized spacial score (nSPS) is 13.1. The molecule has 8 heteroatoms. The molecular formula is C12H16Cl2N2O3S. The number of carbonyl (C=O) groups excluding carboxylic acids is 1. The molecule has 0 aliphatic rings. The maximum Gasteiger partial charge on any atom is 0.253 e. The second-order valence-corrected chi connectivity index (χ2v) is 6.82. The third kappa shape index (κ3) is 4.34. The van der Waals surface area contributed by atoms with Crippen LogP contribution in [0.2, 0.25) is 10.0 Å². The fourth-order valence-corrected chi connectivity index (χ4v) is 2.74. The van der Waals surface area contributed by atoms with Crippen LogP contribution < -0.4 is 10.5 Å². The Hall–Kier alpha value is -0.820. The molecular weight excluding hydrogens is 323 g/mol. The number of primary sulfonamides is 1. The quantitative estimate of drug-likeness (QED) is 0.864. The standard InChI is InChI=1S/C12H16Cl2N2O3S/c1-3-4-7(2)16-12(17)9-5-8(20(15,18)19)6-10(13)11(9)14/h5-7H,3-4H2,1-2H3,(H,16,17)(H2,15,18,19). The van der Waals surface area contributed by atoms with Crippen LogP contribution in [0.15, 0.2) is 17.0 Å². The fraction of sp³-hybridized carbons (Fsp3) is 0.417. The summed E-state index contributed by atoms with van der Waals surface area (Å²) in [6, 6.07) is 2.18. The molecule has 1 aromatic rings. The molecule has 3 N–H and O–H groups in total. The average Bonchev–Trinajstić information content (AvgIpc) is 2.31. The summed E-state index contributed by atoms with van der Waals surface area (Å²) in [6.07, 6.45) is 1.71. The van der Waals surface area contributed by atoms with Gasteiger partial charge in [0.2, 0.25) is 10.0 Å². The van der Waals surface area contributed by atoms with E-state index in [2.05, 4.69) is 5.32 Å². The SMILES string of the molecule is CCCC(C)NC(=O)c1cc(S(N)(=O)=O)cc(Cl)c1Cl. The zero-order valence-electron chi connectivity index (χ0n) is 11.1. The lowest BCUT2D eigenvalue weighted by Gasteiger charge is -2.14. The Kier molecular flexibility index (Phi) is 5.82. The zero-order chi connectivity index (χ0) is 15.5. The monoisotopic (exact) mass is 338 g/mol. The first-order chi connectivity index (χ1) is 9.16. The number of sulfonamides is 1. The Morgan fingerprint density at radius 2 is 2.00 bits per heavy atom. The first-order valence-electron chi connectivity index (χ1n) is 5.99. The summed E-state index contributed by atoms with van der Waals surface area (Å²) >= 11 is 11.8. The van der Waals surface area contributed by atoms with Gasteiger partial charge in [-0.05, 0) is 25.5 Å². The van der Waals surface area contributed by atoms with E-state index in [1.54, 1.807) is 0 Å². The van der Waals surface area contributed by atoms with E-state index < -0.39 is 15.9 Å². The summed E-state index contributed by atoms with van der Waals surface area (Å²) in [7, 11) is -3.96. The van der Waals surface area contributed by atoms with Crippen LogP contribution in [0.3, 0.4) is 0 Å². The van der Waals surface area contributed by atoms with Gasteiger partial charge >= 0.3 is 0 Å². The minimum atomic E-state index is -3.96. The van der Waals surface area contributed by atoms with Crippen molar-refractivity contribution >= 4 is 39.1 Å². The Bertz CT molecular complexity index is 617. The summed E-state index contributed by atoms with van der Waals surface area (Å²) < 4.78 is 22.7. The molecule has 1 amide bonds. The highest BCUT2D eigenvalue weighted by molar-refractivity contribution is 7.89. The van der Waals surface area contributed by atoms with Gasteiger partial charge in [-0.3, -0.25) is 4.79 Å². The van der Waals surface area contributed by atoms with E-state index in [0.29, 0.717) is 0 Å². The molecule has 0 heterocycles. The molecule has 112 valence electrons. The van der Waals surface area contributed by atoms with Gasteiger partial charge in [-0.2, -0.15) is 0 Å². The molecule has 5 nitrogen and oxygen atoms in total. The fourth-order valence-electron chi connectivity index (χ4n) is 1.70. The first kappa shape index (κ1) is 17.2. The maximum atomic E-state index is 12.1. The van der Waals surface area contributed by atoms with Gasteiger partial charge in [0.15, 0.2) is 0 Å². The van der Waals surface area contributed by atoms with Crippen LogP contribution in [0, 0.1) is 0 Å². The average molecular weight is 339 g/mol. The number of hydrogen-bond donors (Lipinski definition) is 2. The number of nitrogens with one attached hydrogen (secondary N) is 1. The van der Waals surface area contributed by atoms with Crippen molar-refractivity contribution in [1.82, 2.24) is 5.32 Å². The molecule has 0 fully saturated rings. The number of benzene rings is 1. The smallest absolute Gasteiger partial charge is 0.253 e. The van der Waals surface area contributed by atoms with Gasteiger partial charge in [-0.15, -0.1) is 0 Å². The molecule has 0 bridgehead atoms. The third-order valence-corrected chi connectivity index (χ3v) is 4.37. The van der Waals surface area contributed by atoms with Gasteiger partial charge in [0.1, 0.15) is 0 Å². The number of hydrogen-bond acceptors (Lipinski definition) is 3. The van der Waals surface area contributed by atoms with Gasteiger partial charge in [-0.1, -0.05) is 36.5 Å².